The van der Waals surface area contributed by atoms with Gasteiger partial charge >= 0.3 is 0 Å². The number of hydrogen-bond acceptors (Lipinski definition) is 3. The molecule has 0 fully saturated rings. The Morgan fingerprint density at radius 2 is 2.06 bits per heavy atom. The third kappa shape index (κ3) is 3.61. The summed E-state index contributed by atoms with van der Waals surface area (Å²) in [5.41, 5.74) is 7.95. The van der Waals surface area contributed by atoms with Crippen molar-refractivity contribution in [1.29, 1.82) is 0 Å². The second-order valence-corrected chi connectivity index (χ2v) is 5.00. The third-order valence-electron chi connectivity index (χ3n) is 3.09. The largest absolute Gasteiger partial charge is 0.383 e. The van der Waals surface area contributed by atoms with Gasteiger partial charge in [0.25, 0.3) is 0 Å². The molecule has 0 radical (unpaired) electrons. The molecule has 1 unspecified atom stereocenters. The van der Waals surface area contributed by atoms with Crippen molar-refractivity contribution in [2.24, 2.45) is 5.73 Å². The minimum Gasteiger partial charge on any atom is -0.383 e. The maximum absolute atomic E-state index is 6.35. The first kappa shape index (κ1) is 15.3. The standard InChI is InChI=1S/C14H23ClN2O/c1-5-17(10(2)9-18-4)14-7-6-12(11(3)16)8-13(14)15/h6-8,10-11H,5,9,16H2,1-4H3/t10?,11-/m0/s1. The Hall–Kier alpha value is -0.770. The van der Waals surface area contributed by atoms with E-state index < -0.39 is 0 Å². The summed E-state index contributed by atoms with van der Waals surface area (Å²) in [6, 6.07) is 6.32. The zero-order valence-electron chi connectivity index (χ0n) is 11.6. The van der Waals surface area contributed by atoms with Crippen LogP contribution >= 0.6 is 11.6 Å². The van der Waals surface area contributed by atoms with E-state index in [0.29, 0.717) is 12.6 Å². The molecular formula is C14H23ClN2O. The van der Waals surface area contributed by atoms with Crippen molar-refractivity contribution >= 4 is 17.3 Å². The molecule has 1 aromatic rings. The van der Waals surface area contributed by atoms with Crippen LogP contribution in [0.5, 0.6) is 0 Å². The van der Waals surface area contributed by atoms with Crippen molar-refractivity contribution in [3.63, 3.8) is 0 Å². The summed E-state index contributed by atoms with van der Waals surface area (Å²) >= 11 is 6.35. The van der Waals surface area contributed by atoms with Gasteiger partial charge in [-0.05, 0) is 38.5 Å². The second kappa shape index (κ2) is 6.98. The molecule has 3 nitrogen and oxygen atoms in total. The topological polar surface area (TPSA) is 38.5 Å². The molecule has 1 aromatic carbocycles. The van der Waals surface area contributed by atoms with Crippen LogP contribution in [0.25, 0.3) is 0 Å². The van der Waals surface area contributed by atoms with Crippen molar-refractivity contribution < 1.29 is 4.74 Å². The van der Waals surface area contributed by atoms with Gasteiger partial charge in [-0.2, -0.15) is 0 Å². The first-order chi connectivity index (χ1) is 8.51. The Bertz CT molecular complexity index is 382. The first-order valence-corrected chi connectivity index (χ1v) is 6.69. The fourth-order valence-corrected chi connectivity index (χ4v) is 2.39. The van der Waals surface area contributed by atoms with E-state index in [0.717, 1.165) is 22.8 Å². The Morgan fingerprint density at radius 3 is 2.50 bits per heavy atom. The molecule has 102 valence electrons. The second-order valence-electron chi connectivity index (χ2n) is 4.59. The van der Waals surface area contributed by atoms with Gasteiger partial charge in [0.05, 0.1) is 17.3 Å². The first-order valence-electron chi connectivity index (χ1n) is 6.31. The SMILES string of the molecule is CCN(c1ccc([C@H](C)N)cc1Cl)C(C)COC. The molecule has 0 amide bonds. The van der Waals surface area contributed by atoms with Crippen molar-refractivity contribution in [2.45, 2.75) is 32.9 Å². The number of halogens is 1. The number of likely N-dealkylation sites (N-methyl/N-ethyl adjacent to an activating group) is 1. The van der Waals surface area contributed by atoms with E-state index in [1.165, 1.54) is 0 Å². The molecule has 0 saturated carbocycles. The summed E-state index contributed by atoms with van der Waals surface area (Å²) in [4.78, 5) is 2.23. The predicted octanol–water partition coefficient (Wildman–Crippen LogP) is 3.22. The summed E-state index contributed by atoms with van der Waals surface area (Å²) in [7, 11) is 1.71. The zero-order chi connectivity index (χ0) is 13.7. The number of nitrogens with two attached hydrogens (primary N) is 1. The zero-order valence-corrected chi connectivity index (χ0v) is 12.4. The normalized spacial score (nSPS) is 14.3. The van der Waals surface area contributed by atoms with Gasteiger partial charge in [-0.15, -0.1) is 0 Å². The van der Waals surface area contributed by atoms with Crippen molar-refractivity contribution in [3.05, 3.63) is 28.8 Å². The summed E-state index contributed by atoms with van der Waals surface area (Å²) in [6.45, 7) is 7.77. The Labute approximate surface area is 115 Å². The minimum atomic E-state index is 0.00280. The van der Waals surface area contributed by atoms with Crippen LogP contribution in [0.1, 0.15) is 32.4 Å². The van der Waals surface area contributed by atoms with E-state index in [2.05, 4.69) is 18.7 Å². The van der Waals surface area contributed by atoms with Crippen LogP contribution in [0.15, 0.2) is 18.2 Å². The Balaban J connectivity index is 2.99. The number of ether oxygens (including phenoxy) is 1. The Morgan fingerprint density at radius 1 is 1.39 bits per heavy atom. The number of hydrogen-bond donors (Lipinski definition) is 1. The summed E-state index contributed by atoms with van der Waals surface area (Å²) in [5.74, 6) is 0. The van der Waals surface area contributed by atoms with Gasteiger partial charge in [0.15, 0.2) is 0 Å². The number of rotatable bonds is 6. The van der Waals surface area contributed by atoms with Gasteiger partial charge in [0, 0.05) is 25.7 Å². The van der Waals surface area contributed by atoms with Crippen molar-refractivity contribution in [3.8, 4) is 0 Å². The van der Waals surface area contributed by atoms with Crippen molar-refractivity contribution in [1.82, 2.24) is 0 Å². The van der Waals surface area contributed by atoms with Crippen LogP contribution in [0.3, 0.4) is 0 Å². The maximum atomic E-state index is 6.35. The molecule has 0 aliphatic rings. The summed E-state index contributed by atoms with van der Waals surface area (Å²) in [6.07, 6.45) is 0. The van der Waals surface area contributed by atoms with Crippen LogP contribution in [0.2, 0.25) is 5.02 Å². The molecule has 0 heterocycles. The molecule has 0 aliphatic heterocycles. The molecule has 18 heavy (non-hydrogen) atoms. The molecule has 0 bridgehead atoms. The molecule has 0 saturated heterocycles. The molecule has 2 N–H and O–H groups in total. The number of benzene rings is 1. The van der Waals surface area contributed by atoms with E-state index in [9.17, 15) is 0 Å². The average molecular weight is 271 g/mol. The van der Waals surface area contributed by atoms with E-state index in [1.54, 1.807) is 7.11 Å². The van der Waals surface area contributed by atoms with Crippen LogP contribution < -0.4 is 10.6 Å². The van der Waals surface area contributed by atoms with Gasteiger partial charge in [-0.1, -0.05) is 17.7 Å². The molecule has 0 spiro atoms. The number of methoxy groups -OCH3 is 1. The van der Waals surface area contributed by atoms with Crippen LogP contribution in [-0.4, -0.2) is 26.3 Å². The van der Waals surface area contributed by atoms with Gasteiger partial charge in [0.2, 0.25) is 0 Å². The van der Waals surface area contributed by atoms with Crippen LogP contribution in [0, 0.1) is 0 Å². The van der Waals surface area contributed by atoms with E-state index in [-0.39, 0.29) is 6.04 Å². The third-order valence-corrected chi connectivity index (χ3v) is 3.39. The molecule has 4 heteroatoms. The predicted molar refractivity (Wildman–Crippen MR) is 78.4 cm³/mol. The van der Waals surface area contributed by atoms with E-state index in [1.807, 2.05) is 25.1 Å². The highest BCUT2D eigenvalue weighted by Gasteiger charge is 2.16. The monoisotopic (exact) mass is 270 g/mol. The average Bonchev–Trinajstić information content (AvgIpc) is 2.32. The molecular weight excluding hydrogens is 248 g/mol. The van der Waals surface area contributed by atoms with Gasteiger partial charge in [-0.25, -0.2) is 0 Å². The lowest BCUT2D eigenvalue weighted by Crippen LogP contribution is -2.36. The van der Waals surface area contributed by atoms with Crippen LogP contribution in [-0.2, 0) is 4.74 Å². The molecule has 0 aliphatic carbocycles. The number of anilines is 1. The summed E-state index contributed by atoms with van der Waals surface area (Å²) in [5, 5.41) is 0.745. The lowest BCUT2D eigenvalue weighted by Gasteiger charge is -2.30. The fourth-order valence-electron chi connectivity index (χ4n) is 2.09. The van der Waals surface area contributed by atoms with E-state index in [4.69, 9.17) is 22.1 Å². The fraction of sp³-hybridized carbons (Fsp3) is 0.571. The minimum absolute atomic E-state index is 0.00280. The Kier molecular flexibility index (Phi) is 5.93. The lowest BCUT2D eigenvalue weighted by molar-refractivity contribution is 0.182. The smallest absolute Gasteiger partial charge is 0.0663 e. The highest BCUT2D eigenvalue weighted by molar-refractivity contribution is 6.33. The number of nitrogens with zero attached hydrogens (tertiary/aromatic N) is 1. The van der Waals surface area contributed by atoms with Gasteiger partial charge in [-0.3, -0.25) is 0 Å². The highest BCUT2D eigenvalue weighted by atomic mass is 35.5. The van der Waals surface area contributed by atoms with Crippen LogP contribution in [0.4, 0.5) is 5.69 Å². The van der Waals surface area contributed by atoms with Gasteiger partial charge in [0.1, 0.15) is 0 Å². The highest BCUT2D eigenvalue weighted by Crippen LogP contribution is 2.29. The van der Waals surface area contributed by atoms with E-state index >= 15 is 0 Å². The quantitative estimate of drug-likeness (QED) is 0.863. The van der Waals surface area contributed by atoms with Crippen molar-refractivity contribution in [2.75, 3.05) is 25.2 Å². The molecule has 1 rings (SSSR count). The maximum Gasteiger partial charge on any atom is 0.0663 e. The van der Waals surface area contributed by atoms with Gasteiger partial charge < -0.3 is 15.4 Å². The summed E-state index contributed by atoms with van der Waals surface area (Å²) < 4.78 is 5.20. The molecule has 0 aromatic heterocycles. The lowest BCUT2D eigenvalue weighted by atomic mass is 10.1. The molecule has 2 atom stereocenters.